The van der Waals surface area contributed by atoms with Crippen LogP contribution in [0, 0.1) is 17.9 Å². The van der Waals surface area contributed by atoms with Gasteiger partial charge in [-0.15, -0.1) is 11.3 Å². The molecule has 0 spiro atoms. The standard InChI is InChI=1S/C54H31N5S/c1-56-45-32-49(35(33-55)30-50(45)58-46-22-12-10-21-43(46)52-39-19-9-8-14-34(39)24-28-48(52)58)59-47-29-25-38(57(36-15-4-2-5-16-36)37-17-6-3-7-18-37)31-44(47)41-26-27-42-40-20-11-13-23-51(40)60-54(42)53(41)59/h2-32H. The van der Waals surface area contributed by atoms with E-state index in [0.29, 0.717) is 22.6 Å². The number of fused-ring (bicyclic) bond motifs is 12. The van der Waals surface area contributed by atoms with E-state index < -0.39 is 0 Å². The second kappa shape index (κ2) is 13.2. The number of nitrogens with zero attached hydrogens (tertiary/aromatic N) is 5. The van der Waals surface area contributed by atoms with E-state index in [1.54, 1.807) is 11.3 Å². The molecule has 0 bridgehead atoms. The average Bonchev–Trinajstić information content (AvgIpc) is 3.97. The molecule has 0 aliphatic heterocycles. The van der Waals surface area contributed by atoms with Gasteiger partial charge in [-0.3, -0.25) is 0 Å². The summed E-state index contributed by atoms with van der Waals surface area (Å²) in [5.74, 6) is 0. The minimum Gasteiger partial charge on any atom is -0.319 e. The van der Waals surface area contributed by atoms with Crippen molar-refractivity contribution in [1.29, 1.82) is 5.26 Å². The molecule has 3 heterocycles. The van der Waals surface area contributed by atoms with Gasteiger partial charge in [-0.25, -0.2) is 4.85 Å². The van der Waals surface area contributed by atoms with E-state index in [-0.39, 0.29) is 0 Å². The lowest BCUT2D eigenvalue weighted by Crippen LogP contribution is -2.09. The highest BCUT2D eigenvalue weighted by atomic mass is 32.1. The Morgan fingerprint density at radius 2 is 1.15 bits per heavy atom. The molecule has 0 amide bonds. The van der Waals surface area contributed by atoms with Crippen LogP contribution in [0.25, 0.3) is 90.8 Å². The van der Waals surface area contributed by atoms with E-state index in [2.05, 4.69) is 183 Å². The number of anilines is 3. The Hall–Kier alpha value is -8.16. The maximum absolute atomic E-state index is 11.2. The molecule has 9 aromatic carbocycles. The van der Waals surface area contributed by atoms with Gasteiger partial charge in [-0.05, 0) is 83.6 Å². The summed E-state index contributed by atoms with van der Waals surface area (Å²) in [6, 6.07) is 68.0. The lowest BCUT2D eigenvalue weighted by atomic mass is 10.0. The van der Waals surface area contributed by atoms with Crippen LogP contribution in [0.4, 0.5) is 22.7 Å². The van der Waals surface area contributed by atoms with Crippen LogP contribution in [0.3, 0.4) is 0 Å². The maximum atomic E-state index is 11.2. The Bertz CT molecular complexity index is 3760. The third kappa shape index (κ3) is 4.90. The lowest BCUT2D eigenvalue weighted by molar-refractivity contribution is 1.14. The first-order valence-corrected chi connectivity index (χ1v) is 20.7. The molecule has 278 valence electrons. The van der Waals surface area contributed by atoms with Gasteiger partial charge in [0.15, 0.2) is 0 Å². The summed E-state index contributed by atoms with van der Waals surface area (Å²) in [5, 5.41) is 20.2. The van der Waals surface area contributed by atoms with Crippen LogP contribution in [0.5, 0.6) is 0 Å². The second-order valence-corrected chi connectivity index (χ2v) is 16.1. The first-order chi connectivity index (χ1) is 29.7. The van der Waals surface area contributed by atoms with Crippen LogP contribution in [-0.2, 0) is 0 Å². The van der Waals surface area contributed by atoms with E-state index in [1.807, 2.05) is 30.3 Å². The van der Waals surface area contributed by atoms with Gasteiger partial charge in [0.25, 0.3) is 0 Å². The molecule has 0 unspecified atom stereocenters. The van der Waals surface area contributed by atoms with Gasteiger partial charge in [0, 0.05) is 54.1 Å². The van der Waals surface area contributed by atoms with Crippen LogP contribution in [0.15, 0.2) is 188 Å². The molecule has 12 rings (SSSR count). The highest BCUT2D eigenvalue weighted by Crippen LogP contribution is 2.47. The van der Waals surface area contributed by atoms with Crippen molar-refractivity contribution in [1.82, 2.24) is 9.13 Å². The van der Waals surface area contributed by atoms with Crippen LogP contribution in [0.2, 0.25) is 0 Å². The summed E-state index contributed by atoms with van der Waals surface area (Å²) in [5.41, 5.74) is 9.42. The number of rotatable bonds is 5. The highest BCUT2D eigenvalue weighted by molar-refractivity contribution is 7.26. The van der Waals surface area contributed by atoms with Gasteiger partial charge >= 0.3 is 0 Å². The van der Waals surface area contributed by atoms with E-state index in [1.165, 1.54) is 15.5 Å². The van der Waals surface area contributed by atoms with E-state index in [4.69, 9.17) is 6.57 Å². The molecule has 0 atom stereocenters. The fourth-order valence-corrected chi connectivity index (χ4v) is 10.6. The van der Waals surface area contributed by atoms with Crippen molar-refractivity contribution < 1.29 is 0 Å². The molecular weight excluding hydrogens is 751 g/mol. The van der Waals surface area contributed by atoms with Gasteiger partial charge in [-0.1, -0.05) is 115 Å². The minimum absolute atomic E-state index is 0.467. The van der Waals surface area contributed by atoms with Crippen molar-refractivity contribution in [2.24, 2.45) is 0 Å². The molecule has 12 aromatic rings. The topological polar surface area (TPSA) is 41.2 Å². The fraction of sp³-hybridized carbons (Fsp3) is 0. The lowest BCUT2D eigenvalue weighted by Gasteiger charge is -2.25. The number of aromatic nitrogens is 2. The summed E-state index contributed by atoms with van der Waals surface area (Å²) in [6.45, 7) is 8.67. The van der Waals surface area contributed by atoms with Gasteiger partial charge in [0.1, 0.15) is 6.07 Å². The quantitative estimate of drug-likeness (QED) is 0.163. The molecule has 0 N–H and O–H groups in total. The number of hydrogen-bond acceptors (Lipinski definition) is 3. The molecule has 0 radical (unpaired) electrons. The zero-order valence-corrected chi connectivity index (χ0v) is 32.9. The number of benzene rings is 9. The van der Waals surface area contributed by atoms with Crippen molar-refractivity contribution in [3.63, 3.8) is 0 Å². The third-order valence-corrected chi connectivity index (χ3v) is 13.1. The smallest absolute Gasteiger partial charge is 0.212 e. The number of nitriles is 1. The van der Waals surface area contributed by atoms with Gasteiger partial charge in [0.2, 0.25) is 5.69 Å². The normalized spacial score (nSPS) is 11.6. The second-order valence-electron chi connectivity index (χ2n) is 15.1. The van der Waals surface area contributed by atoms with Crippen molar-refractivity contribution in [2.75, 3.05) is 4.90 Å². The SMILES string of the molecule is [C-]#[N+]c1cc(-n2c3ccc(N(c4ccccc4)c4ccccc4)cc3c3ccc4c5ccccc5sc4c32)c(C#N)cc1-n1c2ccccc2c2c3ccccc3ccc21. The van der Waals surface area contributed by atoms with Crippen LogP contribution in [0.1, 0.15) is 5.56 Å². The van der Waals surface area contributed by atoms with Crippen LogP contribution in [-0.4, -0.2) is 9.13 Å². The Morgan fingerprint density at radius 3 is 1.92 bits per heavy atom. The zero-order valence-electron chi connectivity index (χ0n) is 32.0. The first kappa shape index (κ1) is 33.9. The number of hydrogen-bond donors (Lipinski definition) is 0. The zero-order chi connectivity index (χ0) is 39.9. The van der Waals surface area contributed by atoms with Gasteiger partial charge < -0.3 is 14.0 Å². The predicted octanol–water partition coefficient (Wildman–Crippen LogP) is 15.3. The van der Waals surface area contributed by atoms with Crippen molar-refractivity contribution in [3.8, 4) is 17.4 Å². The maximum Gasteiger partial charge on any atom is 0.212 e. The fourth-order valence-electron chi connectivity index (χ4n) is 9.37. The predicted molar refractivity (Wildman–Crippen MR) is 251 cm³/mol. The Labute approximate surface area is 348 Å². The van der Waals surface area contributed by atoms with E-state index in [0.717, 1.165) is 76.1 Å². The molecule has 0 aliphatic rings. The van der Waals surface area contributed by atoms with E-state index in [9.17, 15) is 5.26 Å². The summed E-state index contributed by atoms with van der Waals surface area (Å²) in [6.07, 6.45) is 0. The van der Waals surface area contributed by atoms with Gasteiger partial charge in [-0.2, -0.15) is 5.26 Å². The first-order valence-electron chi connectivity index (χ1n) is 19.9. The largest absolute Gasteiger partial charge is 0.319 e. The molecule has 0 saturated carbocycles. The summed E-state index contributed by atoms with van der Waals surface area (Å²) < 4.78 is 6.74. The Kier molecular flexibility index (Phi) is 7.46. The Morgan fingerprint density at radius 1 is 0.500 bits per heavy atom. The highest BCUT2D eigenvalue weighted by Gasteiger charge is 2.24. The average molecular weight is 782 g/mol. The molecule has 3 aromatic heterocycles. The Balaban J connectivity index is 1.16. The number of para-hydroxylation sites is 3. The molecule has 0 aliphatic carbocycles. The minimum atomic E-state index is 0.467. The van der Waals surface area contributed by atoms with Crippen molar-refractivity contribution >= 4 is 109 Å². The summed E-state index contributed by atoms with van der Waals surface area (Å²) >= 11 is 1.77. The molecular formula is C54H31N5S. The van der Waals surface area contributed by atoms with Crippen LogP contribution < -0.4 is 4.90 Å². The van der Waals surface area contributed by atoms with Crippen molar-refractivity contribution in [3.05, 3.63) is 205 Å². The molecule has 0 fully saturated rings. The molecule has 6 heteroatoms. The van der Waals surface area contributed by atoms with E-state index >= 15 is 0 Å². The molecule has 0 saturated heterocycles. The molecule has 5 nitrogen and oxygen atoms in total. The molecule has 60 heavy (non-hydrogen) atoms. The third-order valence-electron chi connectivity index (χ3n) is 11.9. The summed E-state index contributed by atoms with van der Waals surface area (Å²) in [7, 11) is 0. The van der Waals surface area contributed by atoms with Gasteiger partial charge in [0.05, 0.1) is 50.3 Å². The van der Waals surface area contributed by atoms with Crippen LogP contribution >= 0.6 is 11.3 Å². The van der Waals surface area contributed by atoms with Crippen molar-refractivity contribution in [2.45, 2.75) is 0 Å². The number of thiophene rings is 1. The monoisotopic (exact) mass is 781 g/mol. The summed E-state index contributed by atoms with van der Waals surface area (Å²) in [4.78, 5) is 6.49.